The zero-order valence-corrected chi connectivity index (χ0v) is 9.95. The number of aromatic nitrogens is 4. The monoisotopic (exact) mass is 272 g/mol. The Hall–Kier alpha value is -3.16. The van der Waals surface area contributed by atoms with Crippen LogP contribution in [0.2, 0.25) is 0 Å². The Labute approximate surface area is 110 Å². The van der Waals surface area contributed by atoms with Gasteiger partial charge in [0.25, 0.3) is 5.56 Å². The van der Waals surface area contributed by atoms with E-state index in [1.165, 1.54) is 0 Å². The van der Waals surface area contributed by atoms with Crippen molar-refractivity contribution in [1.29, 1.82) is 0 Å². The highest BCUT2D eigenvalue weighted by Crippen LogP contribution is 2.16. The summed E-state index contributed by atoms with van der Waals surface area (Å²) in [6, 6.07) is 8.95. The first kappa shape index (κ1) is 11.9. The van der Waals surface area contributed by atoms with Crippen LogP contribution in [0.4, 0.5) is 4.79 Å². The molecule has 8 heteroatoms. The van der Waals surface area contributed by atoms with Gasteiger partial charge in [-0.2, -0.15) is 4.57 Å². The van der Waals surface area contributed by atoms with Crippen LogP contribution in [0.25, 0.3) is 22.6 Å². The lowest BCUT2D eigenvalue weighted by Gasteiger charge is -1.95. The fraction of sp³-hybridized carbons (Fsp3) is 0. The number of fused-ring (bicyclic) bond motifs is 1. The summed E-state index contributed by atoms with van der Waals surface area (Å²) in [4.78, 5) is 43.4. The molecule has 0 unspecified atom stereocenters. The molecule has 20 heavy (non-hydrogen) atoms. The molecule has 0 atom stereocenters. The molecule has 0 aliphatic heterocycles. The van der Waals surface area contributed by atoms with Crippen molar-refractivity contribution < 1.29 is 9.90 Å². The number of imidazole rings is 1. The molecular weight excluding hydrogens is 264 g/mol. The zero-order valence-electron chi connectivity index (χ0n) is 9.95. The van der Waals surface area contributed by atoms with Crippen LogP contribution in [0.5, 0.6) is 0 Å². The van der Waals surface area contributed by atoms with Gasteiger partial charge in [0.1, 0.15) is 5.82 Å². The van der Waals surface area contributed by atoms with Crippen molar-refractivity contribution in [3.63, 3.8) is 0 Å². The van der Waals surface area contributed by atoms with Crippen molar-refractivity contribution in [2.24, 2.45) is 0 Å². The highest BCUT2D eigenvalue weighted by Gasteiger charge is 2.16. The second-order valence-electron chi connectivity index (χ2n) is 4.03. The summed E-state index contributed by atoms with van der Waals surface area (Å²) in [6.07, 6.45) is -1.64. The summed E-state index contributed by atoms with van der Waals surface area (Å²) >= 11 is 0. The highest BCUT2D eigenvalue weighted by atomic mass is 16.4. The highest BCUT2D eigenvalue weighted by molar-refractivity contribution is 5.77. The summed E-state index contributed by atoms with van der Waals surface area (Å²) in [5.41, 5.74) is -1.32. The van der Waals surface area contributed by atoms with E-state index in [1.54, 1.807) is 24.3 Å². The molecule has 1 aromatic carbocycles. The molecule has 100 valence electrons. The number of carbonyl (C=O) groups is 1. The molecule has 0 bridgehead atoms. The van der Waals surface area contributed by atoms with Crippen molar-refractivity contribution in [2.45, 2.75) is 0 Å². The van der Waals surface area contributed by atoms with Gasteiger partial charge in [0.2, 0.25) is 0 Å². The Morgan fingerprint density at radius 2 is 1.85 bits per heavy atom. The molecule has 3 rings (SSSR count). The van der Waals surface area contributed by atoms with Crippen LogP contribution >= 0.6 is 0 Å². The van der Waals surface area contributed by atoms with Crippen LogP contribution in [0, 0.1) is 0 Å². The van der Waals surface area contributed by atoms with E-state index >= 15 is 0 Å². The number of benzene rings is 1. The molecule has 3 N–H and O–H groups in total. The van der Waals surface area contributed by atoms with Gasteiger partial charge in [-0.1, -0.05) is 30.3 Å². The number of H-pyrrole nitrogens is 2. The third-order valence-electron chi connectivity index (χ3n) is 2.79. The lowest BCUT2D eigenvalue weighted by atomic mass is 10.2. The largest absolute Gasteiger partial charge is 0.464 e. The fourth-order valence-corrected chi connectivity index (χ4v) is 1.89. The SMILES string of the molecule is O=C(O)n1c(=O)[nH]c2nc(-c3ccccc3)[nH]c2c1=O. The van der Waals surface area contributed by atoms with Crippen LogP contribution < -0.4 is 11.2 Å². The minimum absolute atomic E-state index is 0.0244. The van der Waals surface area contributed by atoms with Crippen LogP contribution in [-0.2, 0) is 0 Å². The Morgan fingerprint density at radius 3 is 2.50 bits per heavy atom. The first-order valence-electron chi connectivity index (χ1n) is 5.61. The topological polar surface area (TPSA) is 121 Å². The van der Waals surface area contributed by atoms with Gasteiger partial charge in [-0.05, 0) is 0 Å². The predicted octanol–water partition coefficient (Wildman–Crippen LogP) is 0.606. The van der Waals surface area contributed by atoms with Gasteiger partial charge in [-0.25, -0.2) is 14.6 Å². The van der Waals surface area contributed by atoms with Gasteiger partial charge in [0.15, 0.2) is 11.2 Å². The smallest absolute Gasteiger partial charge is 0.422 e. The molecule has 0 amide bonds. The fourth-order valence-electron chi connectivity index (χ4n) is 1.89. The maximum Gasteiger partial charge on any atom is 0.422 e. The lowest BCUT2D eigenvalue weighted by Crippen LogP contribution is -2.39. The van der Waals surface area contributed by atoms with Crippen molar-refractivity contribution in [3.05, 3.63) is 51.2 Å². The number of hydrogen-bond acceptors (Lipinski definition) is 4. The van der Waals surface area contributed by atoms with Gasteiger partial charge in [0, 0.05) is 5.56 Å². The summed E-state index contributed by atoms with van der Waals surface area (Å²) in [6.45, 7) is 0. The van der Waals surface area contributed by atoms with E-state index < -0.39 is 17.3 Å². The van der Waals surface area contributed by atoms with E-state index in [9.17, 15) is 14.4 Å². The number of nitrogens with zero attached hydrogens (tertiary/aromatic N) is 2. The number of carboxylic acid groups (broad SMARTS) is 1. The summed E-state index contributed by atoms with van der Waals surface area (Å²) in [5.74, 6) is 0.372. The molecule has 0 aliphatic rings. The van der Waals surface area contributed by atoms with Crippen LogP contribution in [0.1, 0.15) is 0 Å². The van der Waals surface area contributed by atoms with Crippen LogP contribution in [0.15, 0.2) is 39.9 Å². The predicted molar refractivity (Wildman–Crippen MR) is 69.8 cm³/mol. The van der Waals surface area contributed by atoms with E-state index in [4.69, 9.17) is 5.11 Å². The first-order chi connectivity index (χ1) is 9.58. The molecule has 0 spiro atoms. The van der Waals surface area contributed by atoms with Crippen molar-refractivity contribution in [2.75, 3.05) is 0 Å². The van der Waals surface area contributed by atoms with E-state index in [0.717, 1.165) is 0 Å². The normalized spacial score (nSPS) is 10.8. The molecule has 0 saturated carbocycles. The molecular formula is C12H8N4O4. The number of nitrogens with one attached hydrogen (secondary N) is 2. The molecule has 3 aromatic rings. The third-order valence-corrected chi connectivity index (χ3v) is 2.79. The van der Waals surface area contributed by atoms with E-state index in [1.807, 2.05) is 6.07 Å². The quantitative estimate of drug-likeness (QED) is 0.599. The molecule has 2 aromatic heterocycles. The van der Waals surface area contributed by atoms with Crippen LogP contribution in [0.3, 0.4) is 0 Å². The lowest BCUT2D eigenvalue weighted by molar-refractivity contribution is 0.194. The molecule has 0 radical (unpaired) electrons. The van der Waals surface area contributed by atoms with E-state index in [-0.39, 0.29) is 15.7 Å². The van der Waals surface area contributed by atoms with Crippen molar-refractivity contribution in [3.8, 4) is 11.4 Å². The molecule has 2 heterocycles. The maximum absolute atomic E-state index is 11.9. The molecule has 8 nitrogen and oxygen atoms in total. The minimum Gasteiger partial charge on any atom is -0.464 e. The second kappa shape index (κ2) is 4.19. The van der Waals surface area contributed by atoms with Gasteiger partial charge in [-0.15, -0.1) is 0 Å². The Bertz CT molecular complexity index is 920. The average molecular weight is 272 g/mol. The van der Waals surface area contributed by atoms with Gasteiger partial charge < -0.3 is 10.1 Å². The molecule has 0 fully saturated rings. The Kier molecular flexibility index (Phi) is 2.50. The Morgan fingerprint density at radius 1 is 1.15 bits per heavy atom. The number of rotatable bonds is 1. The van der Waals surface area contributed by atoms with Gasteiger partial charge >= 0.3 is 11.8 Å². The van der Waals surface area contributed by atoms with Crippen LogP contribution in [-0.4, -0.2) is 30.7 Å². The molecule has 0 saturated heterocycles. The second-order valence-corrected chi connectivity index (χ2v) is 4.03. The van der Waals surface area contributed by atoms with Crippen molar-refractivity contribution in [1.82, 2.24) is 19.5 Å². The summed E-state index contributed by atoms with van der Waals surface area (Å²) < 4.78 is 0.0925. The van der Waals surface area contributed by atoms with Crippen molar-refractivity contribution >= 4 is 17.3 Å². The first-order valence-corrected chi connectivity index (χ1v) is 5.61. The minimum atomic E-state index is -1.64. The third kappa shape index (κ3) is 1.70. The maximum atomic E-state index is 11.9. The summed E-state index contributed by atoms with van der Waals surface area (Å²) in [5, 5.41) is 8.84. The molecule has 0 aliphatic carbocycles. The van der Waals surface area contributed by atoms with Gasteiger partial charge in [-0.3, -0.25) is 9.78 Å². The van der Waals surface area contributed by atoms with E-state index in [0.29, 0.717) is 11.4 Å². The summed E-state index contributed by atoms with van der Waals surface area (Å²) in [7, 11) is 0. The Balaban J connectivity index is 2.33. The average Bonchev–Trinajstić information content (AvgIpc) is 2.83. The van der Waals surface area contributed by atoms with E-state index in [2.05, 4.69) is 15.0 Å². The standard InChI is InChI=1S/C12H8N4O4/c17-10-7-9(15-11(18)16(10)12(19)20)14-8(13-7)6-4-2-1-3-5-6/h1-5H,(H,13,14)(H,15,18)(H,19,20). The number of hydrogen-bond donors (Lipinski definition) is 3. The number of aromatic amines is 2. The zero-order chi connectivity index (χ0) is 14.3. The van der Waals surface area contributed by atoms with Gasteiger partial charge in [0.05, 0.1) is 0 Å².